The van der Waals surface area contributed by atoms with Crippen molar-refractivity contribution in [3.05, 3.63) is 59.7 Å². The number of methoxy groups -OCH3 is 1. The molecule has 1 atom stereocenters. The molecule has 0 radical (unpaired) electrons. The number of carbonyl (C=O) groups is 1. The molecule has 4 rings (SSSR count). The first-order valence-electron chi connectivity index (χ1n) is 11.0. The van der Waals surface area contributed by atoms with E-state index in [2.05, 4.69) is 42.5 Å². The lowest BCUT2D eigenvalue weighted by Crippen LogP contribution is -2.45. The third kappa shape index (κ3) is 5.72. The first kappa shape index (κ1) is 22.4. The van der Waals surface area contributed by atoms with Crippen LogP contribution < -0.4 is 9.47 Å². The standard InChI is InChI=1S/C25H31NO3S2/c1-18(29-22-9-8-21(17-23(22)28-2)25-30-14-15-31-25)24(27)26-12-10-20(11-13-26)16-19-6-4-3-5-7-19/h3-9,17-18,20,25H,10-16H2,1-2H3. The van der Waals surface area contributed by atoms with E-state index in [0.29, 0.717) is 22.0 Å². The molecular weight excluding hydrogens is 426 g/mol. The predicted octanol–water partition coefficient (Wildman–Crippen LogP) is 5.42. The zero-order valence-electron chi connectivity index (χ0n) is 18.3. The molecule has 0 aromatic heterocycles. The molecule has 1 amide bonds. The molecule has 0 aliphatic carbocycles. The van der Waals surface area contributed by atoms with E-state index in [1.807, 2.05) is 41.4 Å². The lowest BCUT2D eigenvalue weighted by Gasteiger charge is -2.33. The third-order valence-corrected chi connectivity index (χ3v) is 9.13. The SMILES string of the molecule is COc1cc(C2SCCS2)ccc1OC(C)C(=O)N1CCC(Cc2ccccc2)CC1. The maximum atomic E-state index is 13.0. The number of piperidine rings is 1. The molecule has 6 heteroatoms. The summed E-state index contributed by atoms with van der Waals surface area (Å²) in [5, 5.41) is 0. The average molecular weight is 458 g/mol. The molecule has 0 bridgehead atoms. The highest BCUT2D eigenvalue weighted by molar-refractivity contribution is 8.19. The summed E-state index contributed by atoms with van der Waals surface area (Å²) in [6.45, 7) is 3.45. The molecule has 2 saturated heterocycles. The van der Waals surface area contributed by atoms with Crippen LogP contribution in [0, 0.1) is 5.92 Å². The van der Waals surface area contributed by atoms with Gasteiger partial charge in [0.15, 0.2) is 17.6 Å². The lowest BCUT2D eigenvalue weighted by atomic mass is 9.90. The molecule has 4 nitrogen and oxygen atoms in total. The van der Waals surface area contributed by atoms with E-state index in [1.54, 1.807) is 7.11 Å². The van der Waals surface area contributed by atoms with E-state index in [0.717, 1.165) is 32.4 Å². The molecule has 2 aliphatic heterocycles. The molecule has 2 heterocycles. The van der Waals surface area contributed by atoms with E-state index < -0.39 is 6.10 Å². The van der Waals surface area contributed by atoms with Crippen molar-refractivity contribution in [1.29, 1.82) is 0 Å². The maximum Gasteiger partial charge on any atom is 0.263 e. The summed E-state index contributed by atoms with van der Waals surface area (Å²) >= 11 is 3.93. The molecule has 0 saturated carbocycles. The second-order valence-corrected chi connectivity index (χ2v) is 10.9. The maximum absolute atomic E-state index is 13.0. The van der Waals surface area contributed by atoms with Crippen LogP contribution >= 0.6 is 23.5 Å². The molecule has 0 N–H and O–H groups in total. The molecular formula is C25H31NO3S2. The number of carbonyl (C=O) groups excluding carboxylic acids is 1. The highest BCUT2D eigenvalue weighted by Gasteiger charge is 2.28. The van der Waals surface area contributed by atoms with Crippen molar-refractivity contribution in [2.45, 2.75) is 36.9 Å². The summed E-state index contributed by atoms with van der Waals surface area (Å²) < 4.78 is 12.1. The number of hydrogen-bond donors (Lipinski definition) is 0. The molecule has 1 unspecified atom stereocenters. The Morgan fingerprint density at radius 1 is 1.06 bits per heavy atom. The molecule has 2 aliphatic rings. The fourth-order valence-corrected chi connectivity index (χ4v) is 7.12. The summed E-state index contributed by atoms with van der Waals surface area (Å²) in [5.74, 6) is 4.41. The Morgan fingerprint density at radius 3 is 2.45 bits per heavy atom. The smallest absolute Gasteiger partial charge is 0.263 e. The van der Waals surface area contributed by atoms with Gasteiger partial charge in [-0.3, -0.25) is 4.79 Å². The number of likely N-dealkylation sites (tertiary alicyclic amines) is 1. The fraction of sp³-hybridized carbons (Fsp3) is 0.480. The first-order chi connectivity index (χ1) is 15.1. The van der Waals surface area contributed by atoms with Gasteiger partial charge >= 0.3 is 0 Å². The van der Waals surface area contributed by atoms with Crippen molar-refractivity contribution in [2.24, 2.45) is 5.92 Å². The summed E-state index contributed by atoms with van der Waals surface area (Å²) in [5.41, 5.74) is 2.63. The van der Waals surface area contributed by atoms with Crippen LogP contribution in [0.4, 0.5) is 0 Å². The summed E-state index contributed by atoms with van der Waals surface area (Å²) in [6.07, 6.45) is 2.65. The van der Waals surface area contributed by atoms with Crippen molar-refractivity contribution in [3.8, 4) is 11.5 Å². The number of rotatable bonds is 7. The van der Waals surface area contributed by atoms with E-state index >= 15 is 0 Å². The van der Waals surface area contributed by atoms with Crippen molar-refractivity contribution in [3.63, 3.8) is 0 Å². The highest BCUT2D eigenvalue weighted by atomic mass is 32.2. The zero-order chi connectivity index (χ0) is 21.6. The Kier molecular flexibility index (Phi) is 7.72. The Morgan fingerprint density at radius 2 is 1.77 bits per heavy atom. The van der Waals surface area contributed by atoms with Gasteiger partial charge < -0.3 is 14.4 Å². The van der Waals surface area contributed by atoms with Crippen molar-refractivity contribution in [1.82, 2.24) is 4.90 Å². The van der Waals surface area contributed by atoms with Crippen LogP contribution in [0.2, 0.25) is 0 Å². The van der Waals surface area contributed by atoms with Crippen LogP contribution in [-0.4, -0.2) is 48.6 Å². The van der Waals surface area contributed by atoms with Gasteiger partial charge in [0, 0.05) is 24.6 Å². The minimum atomic E-state index is -0.527. The number of amides is 1. The van der Waals surface area contributed by atoms with Crippen LogP contribution in [0.5, 0.6) is 11.5 Å². The topological polar surface area (TPSA) is 38.8 Å². The van der Waals surface area contributed by atoms with Gasteiger partial charge in [-0.1, -0.05) is 36.4 Å². The normalized spacial score (nSPS) is 18.7. The van der Waals surface area contributed by atoms with Crippen LogP contribution in [-0.2, 0) is 11.2 Å². The number of hydrogen-bond acceptors (Lipinski definition) is 5. The quantitative estimate of drug-likeness (QED) is 0.555. The van der Waals surface area contributed by atoms with Crippen LogP contribution in [0.15, 0.2) is 48.5 Å². The van der Waals surface area contributed by atoms with Crippen molar-refractivity contribution in [2.75, 3.05) is 31.7 Å². The molecule has 2 aromatic carbocycles. The van der Waals surface area contributed by atoms with Gasteiger partial charge in [-0.2, -0.15) is 0 Å². The lowest BCUT2D eigenvalue weighted by molar-refractivity contribution is -0.139. The van der Waals surface area contributed by atoms with Gasteiger partial charge in [-0.05, 0) is 55.4 Å². The number of nitrogens with zero attached hydrogens (tertiary/aromatic N) is 1. The van der Waals surface area contributed by atoms with Gasteiger partial charge in [0.05, 0.1) is 11.7 Å². The summed E-state index contributed by atoms with van der Waals surface area (Å²) in [4.78, 5) is 15.0. The third-order valence-electron chi connectivity index (χ3n) is 6.03. The Bertz CT molecular complexity index is 862. The van der Waals surface area contributed by atoms with Crippen LogP contribution in [0.1, 0.15) is 35.5 Å². The predicted molar refractivity (Wildman–Crippen MR) is 130 cm³/mol. The Balaban J connectivity index is 1.31. The van der Waals surface area contributed by atoms with Gasteiger partial charge in [-0.15, -0.1) is 23.5 Å². The second kappa shape index (κ2) is 10.7. The minimum Gasteiger partial charge on any atom is -0.493 e. The molecule has 0 spiro atoms. The van der Waals surface area contributed by atoms with E-state index in [9.17, 15) is 4.79 Å². The molecule has 2 fully saturated rings. The van der Waals surface area contributed by atoms with Crippen LogP contribution in [0.25, 0.3) is 0 Å². The monoisotopic (exact) mass is 457 g/mol. The Labute approximate surface area is 194 Å². The van der Waals surface area contributed by atoms with Gasteiger partial charge in [0.25, 0.3) is 5.91 Å². The summed E-state index contributed by atoms with van der Waals surface area (Å²) in [6, 6.07) is 16.7. The first-order valence-corrected chi connectivity index (χ1v) is 13.1. The number of benzene rings is 2. The van der Waals surface area contributed by atoms with Gasteiger partial charge in [0.1, 0.15) is 0 Å². The summed E-state index contributed by atoms with van der Waals surface area (Å²) in [7, 11) is 1.66. The molecule has 166 valence electrons. The van der Waals surface area contributed by atoms with E-state index in [4.69, 9.17) is 9.47 Å². The fourth-order valence-electron chi connectivity index (χ4n) is 4.28. The van der Waals surface area contributed by atoms with Crippen LogP contribution in [0.3, 0.4) is 0 Å². The second-order valence-electron chi connectivity index (χ2n) is 8.20. The zero-order valence-corrected chi connectivity index (χ0v) is 19.9. The number of ether oxygens (including phenoxy) is 2. The van der Waals surface area contributed by atoms with Crippen molar-refractivity contribution < 1.29 is 14.3 Å². The largest absolute Gasteiger partial charge is 0.493 e. The molecule has 2 aromatic rings. The van der Waals surface area contributed by atoms with E-state index in [-0.39, 0.29) is 5.91 Å². The highest BCUT2D eigenvalue weighted by Crippen LogP contribution is 2.47. The van der Waals surface area contributed by atoms with Crippen molar-refractivity contribution >= 4 is 29.4 Å². The average Bonchev–Trinajstić information content (AvgIpc) is 3.35. The van der Waals surface area contributed by atoms with E-state index in [1.165, 1.54) is 22.6 Å². The number of thioether (sulfide) groups is 2. The molecule has 31 heavy (non-hydrogen) atoms. The van der Waals surface area contributed by atoms with Gasteiger partial charge in [0.2, 0.25) is 0 Å². The Hall–Kier alpha value is -1.79. The van der Waals surface area contributed by atoms with Gasteiger partial charge in [-0.25, -0.2) is 0 Å². The minimum absolute atomic E-state index is 0.0613.